The van der Waals surface area contributed by atoms with Crippen LogP contribution in [0.25, 0.3) is 0 Å². The second kappa shape index (κ2) is 8.03. The van der Waals surface area contributed by atoms with E-state index in [1.165, 1.54) is 12.8 Å². The Bertz CT molecular complexity index is 370. The molecule has 1 fully saturated rings. The largest absolute Gasteiger partial charge is 0.462 e. The van der Waals surface area contributed by atoms with Gasteiger partial charge in [0, 0.05) is 0 Å². The Balaban J connectivity index is 2.60. The molecule has 1 saturated carbocycles. The molecule has 0 bridgehead atoms. The van der Waals surface area contributed by atoms with E-state index < -0.39 is 0 Å². The molecular formula is C21H40O2. The fourth-order valence-corrected chi connectivity index (χ4v) is 3.55. The van der Waals surface area contributed by atoms with E-state index in [9.17, 15) is 4.79 Å². The number of hydrogen-bond donors (Lipinski definition) is 0. The van der Waals surface area contributed by atoms with Gasteiger partial charge < -0.3 is 4.74 Å². The van der Waals surface area contributed by atoms with Crippen molar-refractivity contribution in [2.45, 2.75) is 100 Å². The fraction of sp³-hybridized carbons (Fsp3) is 0.952. The van der Waals surface area contributed by atoms with Gasteiger partial charge in [-0.05, 0) is 68.6 Å². The first kappa shape index (κ1) is 20.5. The van der Waals surface area contributed by atoms with Crippen LogP contribution < -0.4 is 0 Å². The highest BCUT2D eigenvalue weighted by Crippen LogP contribution is 2.40. The molecule has 0 heterocycles. The van der Waals surface area contributed by atoms with Gasteiger partial charge in [0.05, 0.1) is 5.41 Å². The van der Waals surface area contributed by atoms with Crippen molar-refractivity contribution in [2.24, 2.45) is 28.6 Å². The zero-order chi connectivity index (χ0) is 17.8. The van der Waals surface area contributed by atoms with E-state index in [1.54, 1.807) is 0 Å². The SMILES string of the molecule is CC(C)CCC(C)(C(=O)OC1CCC(C(C)(C)C)CC1)C(C)C. The molecule has 1 unspecified atom stereocenters. The van der Waals surface area contributed by atoms with Crippen molar-refractivity contribution in [2.75, 3.05) is 0 Å². The second-order valence-electron chi connectivity index (χ2n) is 9.75. The molecule has 1 aliphatic rings. The molecule has 2 nitrogen and oxygen atoms in total. The molecule has 1 rings (SSSR count). The molecule has 1 atom stereocenters. The molecular weight excluding hydrogens is 284 g/mol. The van der Waals surface area contributed by atoms with Crippen LogP contribution in [0.5, 0.6) is 0 Å². The van der Waals surface area contributed by atoms with Crippen molar-refractivity contribution in [3.05, 3.63) is 0 Å². The van der Waals surface area contributed by atoms with E-state index in [0.717, 1.165) is 31.6 Å². The fourth-order valence-electron chi connectivity index (χ4n) is 3.55. The number of hydrogen-bond acceptors (Lipinski definition) is 2. The summed E-state index contributed by atoms with van der Waals surface area (Å²) in [6, 6.07) is 0. The van der Waals surface area contributed by atoms with Crippen molar-refractivity contribution in [1.29, 1.82) is 0 Å². The van der Waals surface area contributed by atoms with Gasteiger partial charge in [-0.2, -0.15) is 0 Å². The Kier molecular flexibility index (Phi) is 7.16. The maximum Gasteiger partial charge on any atom is 0.312 e. The standard InChI is InChI=1S/C21H40O2/c1-15(2)13-14-21(8,16(3)4)19(22)23-18-11-9-17(10-12-18)20(5,6)7/h15-18H,9-14H2,1-8H3. The monoisotopic (exact) mass is 324 g/mol. The minimum Gasteiger partial charge on any atom is -0.462 e. The Morgan fingerprint density at radius 3 is 1.91 bits per heavy atom. The number of ether oxygens (including phenoxy) is 1. The molecule has 0 N–H and O–H groups in total. The number of esters is 1. The van der Waals surface area contributed by atoms with Crippen LogP contribution in [-0.2, 0) is 9.53 Å². The highest BCUT2D eigenvalue weighted by Gasteiger charge is 2.40. The minimum atomic E-state index is -0.342. The van der Waals surface area contributed by atoms with Crippen LogP contribution in [-0.4, -0.2) is 12.1 Å². The lowest BCUT2D eigenvalue weighted by Gasteiger charge is -2.38. The molecule has 0 aliphatic heterocycles. The molecule has 0 aromatic carbocycles. The van der Waals surface area contributed by atoms with Gasteiger partial charge in [-0.1, -0.05) is 48.5 Å². The summed E-state index contributed by atoms with van der Waals surface area (Å²) < 4.78 is 5.97. The van der Waals surface area contributed by atoms with Crippen LogP contribution in [0.2, 0.25) is 0 Å². The third kappa shape index (κ3) is 5.80. The van der Waals surface area contributed by atoms with E-state index in [-0.39, 0.29) is 17.5 Å². The van der Waals surface area contributed by atoms with Gasteiger partial charge in [-0.15, -0.1) is 0 Å². The first-order valence-electron chi connectivity index (χ1n) is 9.68. The Morgan fingerprint density at radius 2 is 1.52 bits per heavy atom. The van der Waals surface area contributed by atoms with Crippen molar-refractivity contribution in [3.63, 3.8) is 0 Å². The predicted molar refractivity (Wildman–Crippen MR) is 98.3 cm³/mol. The van der Waals surface area contributed by atoms with Gasteiger partial charge in [-0.25, -0.2) is 0 Å². The van der Waals surface area contributed by atoms with Crippen molar-refractivity contribution >= 4 is 5.97 Å². The van der Waals surface area contributed by atoms with E-state index >= 15 is 0 Å². The molecule has 0 amide bonds. The molecule has 23 heavy (non-hydrogen) atoms. The topological polar surface area (TPSA) is 26.3 Å². The van der Waals surface area contributed by atoms with Crippen molar-refractivity contribution in [1.82, 2.24) is 0 Å². The summed E-state index contributed by atoms with van der Waals surface area (Å²) in [6.45, 7) is 17.8. The zero-order valence-electron chi connectivity index (χ0n) is 16.9. The van der Waals surface area contributed by atoms with Crippen molar-refractivity contribution < 1.29 is 9.53 Å². The van der Waals surface area contributed by atoms with Crippen LogP contribution in [0.1, 0.15) is 93.9 Å². The molecule has 0 spiro atoms. The maximum atomic E-state index is 12.8. The van der Waals surface area contributed by atoms with Gasteiger partial charge in [0.15, 0.2) is 0 Å². The highest BCUT2D eigenvalue weighted by atomic mass is 16.5. The van der Waals surface area contributed by atoms with Crippen LogP contribution in [0.3, 0.4) is 0 Å². The molecule has 0 radical (unpaired) electrons. The maximum absolute atomic E-state index is 12.8. The van der Waals surface area contributed by atoms with Gasteiger partial charge in [0.2, 0.25) is 0 Å². The quantitative estimate of drug-likeness (QED) is 0.541. The van der Waals surface area contributed by atoms with Gasteiger partial charge in [0.1, 0.15) is 6.10 Å². The molecule has 2 heteroatoms. The molecule has 136 valence electrons. The number of carbonyl (C=O) groups excluding carboxylic acids is 1. The second-order valence-corrected chi connectivity index (χ2v) is 9.75. The first-order chi connectivity index (χ1) is 10.5. The minimum absolute atomic E-state index is 0.0346. The summed E-state index contributed by atoms with van der Waals surface area (Å²) in [6.07, 6.45) is 6.59. The number of rotatable bonds is 6. The van der Waals surface area contributed by atoms with Crippen LogP contribution in [0.15, 0.2) is 0 Å². The van der Waals surface area contributed by atoms with Crippen LogP contribution in [0, 0.1) is 28.6 Å². The number of carbonyl (C=O) groups is 1. The van der Waals surface area contributed by atoms with E-state index in [2.05, 4.69) is 55.4 Å². The third-order valence-electron chi connectivity index (χ3n) is 6.15. The van der Waals surface area contributed by atoms with Gasteiger partial charge >= 0.3 is 5.97 Å². The average Bonchev–Trinajstić information content (AvgIpc) is 2.43. The lowest BCUT2D eigenvalue weighted by Crippen LogP contribution is -2.39. The molecule has 0 aromatic rings. The van der Waals surface area contributed by atoms with Crippen molar-refractivity contribution in [3.8, 4) is 0 Å². The highest BCUT2D eigenvalue weighted by molar-refractivity contribution is 5.76. The summed E-state index contributed by atoms with van der Waals surface area (Å²) in [5.41, 5.74) is 0.0316. The Labute approximate surface area is 144 Å². The Hall–Kier alpha value is -0.530. The van der Waals surface area contributed by atoms with E-state index in [4.69, 9.17) is 4.74 Å². The smallest absolute Gasteiger partial charge is 0.312 e. The van der Waals surface area contributed by atoms with Gasteiger partial charge in [0.25, 0.3) is 0 Å². The summed E-state index contributed by atoms with van der Waals surface area (Å²) in [5, 5.41) is 0. The van der Waals surface area contributed by atoms with Crippen LogP contribution >= 0.6 is 0 Å². The predicted octanol–water partition coefficient (Wildman–Crippen LogP) is 6.23. The average molecular weight is 325 g/mol. The third-order valence-corrected chi connectivity index (χ3v) is 6.15. The summed E-state index contributed by atoms with van der Waals surface area (Å²) in [4.78, 5) is 12.8. The zero-order valence-corrected chi connectivity index (χ0v) is 16.9. The molecule has 1 aliphatic carbocycles. The van der Waals surface area contributed by atoms with E-state index in [0.29, 0.717) is 17.3 Å². The first-order valence-corrected chi connectivity index (χ1v) is 9.68. The lowest BCUT2D eigenvalue weighted by molar-refractivity contribution is -0.166. The summed E-state index contributed by atoms with van der Waals surface area (Å²) in [7, 11) is 0. The summed E-state index contributed by atoms with van der Waals surface area (Å²) >= 11 is 0. The van der Waals surface area contributed by atoms with Crippen LogP contribution in [0.4, 0.5) is 0 Å². The molecule has 0 aromatic heterocycles. The molecule has 0 saturated heterocycles. The lowest BCUT2D eigenvalue weighted by atomic mass is 9.71. The Morgan fingerprint density at radius 1 is 1.00 bits per heavy atom. The van der Waals surface area contributed by atoms with E-state index in [1.807, 2.05) is 0 Å². The normalized spacial score (nSPS) is 25.5. The van der Waals surface area contributed by atoms with Gasteiger partial charge in [-0.3, -0.25) is 4.79 Å². The summed E-state index contributed by atoms with van der Waals surface area (Å²) in [5.74, 6) is 1.74.